The van der Waals surface area contributed by atoms with Gasteiger partial charge in [-0.3, -0.25) is 4.79 Å². The lowest BCUT2D eigenvalue weighted by atomic mass is 10.1. The molecular weight excluding hydrogens is 458 g/mol. The van der Waals surface area contributed by atoms with E-state index in [2.05, 4.69) is 19.1 Å². The van der Waals surface area contributed by atoms with Crippen LogP contribution in [0.2, 0.25) is 0 Å². The number of hydrogen-bond donors (Lipinski definition) is 1. The van der Waals surface area contributed by atoms with E-state index in [1.165, 1.54) is 62.1 Å². The maximum Gasteiger partial charge on any atom is 0.307 e. The summed E-state index contributed by atoms with van der Waals surface area (Å²) in [6, 6.07) is 6.75. The second-order valence-electron chi connectivity index (χ2n) is 9.85. The highest BCUT2D eigenvalue weighted by molar-refractivity contribution is 7.89. The van der Waals surface area contributed by atoms with Crippen molar-refractivity contribution in [3.63, 3.8) is 0 Å². The average Bonchev–Trinajstić information content (AvgIpc) is 2.83. The number of carboxylic acids is 1. The summed E-state index contributed by atoms with van der Waals surface area (Å²) >= 11 is 0. The monoisotopic (exact) mass is 507 g/mol. The molecule has 0 aliphatic carbocycles. The Hall–Kier alpha value is -1.66. The molecular formula is C29H49NO4S. The van der Waals surface area contributed by atoms with Crippen molar-refractivity contribution in [2.24, 2.45) is 5.92 Å². The number of carbonyl (C=O) groups is 1. The second kappa shape index (κ2) is 18.6. The molecule has 0 aromatic heterocycles. The number of sulfonamides is 1. The summed E-state index contributed by atoms with van der Waals surface area (Å²) in [5.74, 6) is -1.72. The molecule has 1 N–H and O–H groups in total. The van der Waals surface area contributed by atoms with Crippen LogP contribution in [0, 0.1) is 12.8 Å². The van der Waals surface area contributed by atoms with Crippen LogP contribution in [0.5, 0.6) is 0 Å². The fraction of sp³-hybridized carbons (Fsp3) is 0.690. The van der Waals surface area contributed by atoms with E-state index in [-0.39, 0.29) is 11.4 Å². The van der Waals surface area contributed by atoms with Crippen molar-refractivity contribution in [3.8, 4) is 0 Å². The van der Waals surface area contributed by atoms with E-state index >= 15 is 0 Å². The molecule has 1 aromatic rings. The third-order valence-corrected chi connectivity index (χ3v) is 8.36. The molecule has 0 fully saturated rings. The van der Waals surface area contributed by atoms with Gasteiger partial charge in [0.1, 0.15) is 0 Å². The molecule has 0 spiro atoms. The van der Waals surface area contributed by atoms with Gasteiger partial charge in [-0.2, -0.15) is 4.31 Å². The third kappa shape index (κ3) is 13.9. The van der Waals surface area contributed by atoms with Crippen LogP contribution in [0.4, 0.5) is 0 Å². The largest absolute Gasteiger partial charge is 0.481 e. The highest BCUT2D eigenvalue weighted by atomic mass is 32.2. The highest BCUT2D eigenvalue weighted by Crippen LogP contribution is 2.19. The van der Waals surface area contributed by atoms with Gasteiger partial charge in [0.2, 0.25) is 10.0 Å². The van der Waals surface area contributed by atoms with Gasteiger partial charge in [-0.25, -0.2) is 8.42 Å². The number of aliphatic carboxylic acids is 1. The maximum atomic E-state index is 13.1. The molecule has 6 heteroatoms. The van der Waals surface area contributed by atoms with Crippen molar-refractivity contribution in [1.29, 1.82) is 0 Å². The van der Waals surface area contributed by atoms with Gasteiger partial charge in [-0.05, 0) is 51.2 Å². The zero-order chi connectivity index (χ0) is 25.9. The number of unbranched alkanes of at least 4 members (excludes halogenated alkanes) is 12. The Kier molecular flexibility index (Phi) is 16.7. The zero-order valence-corrected chi connectivity index (χ0v) is 23.2. The minimum Gasteiger partial charge on any atom is -0.481 e. The number of nitrogens with zero attached hydrogens (tertiary/aromatic N) is 1. The molecule has 0 aliphatic heterocycles. The minimum atomic E-state index is -3.70. The lowest BCUT2D eigenvalue weighted by Gasteiger charge is -2.24. The molecule has 1 rings (SSSR count). The normalized spacial score (nSPS) is 13.0. The van der Waals surface area contributed by atoms with Crippen molar-refractivity contribution >= 4 is 16.0 Å². The summed E-state index contributed by atoms with van der Waals surface area (Å²) in [6.07, 6.45) is 21.4. The standard InChI is InChI=1S/C29H49NO4S/c1-4-5-6-7-8-9-10-11-12-13-14-15-16-17-18-19-24-30(25-27(3)29(31)32)35(33,34)28-22-20-26(2)21-23-28/h11-12,20-23,27H,4-10,13-19,24-25H2,1-3H3,(H,31,32)/b12-11-. The molecule has 0 saturated carbocycles. The maximum absolute atomic E-state index is 13.1. The summed E-state index contributed by atoms with van der Waals surface area (Å²) in [4.78, 5) is 11.6. The first-order chi connectivity index (χ1) is 16.8. The van der Waals surface area contributed by atoms with Gasteiger partial charge in [0.05, 0.1) is 10.8 Å². The third-order valence-electron chi connectivity index (χ3n) is 6.48. The minimum absolute atomic E-state index is 0.00336. The first-order valence-electron chi connectivity index (χ1n) is 13.7. The number of aryl methyl sites for hydroxylation is 1. The molecule has 1 aromatic carbocycles. The van der Waals surface area contributed by atoms with E-state index in [9.17, 15) is 18.3 Å². The smallest absolute Gasteiger partial charge is 0.307 e. The van der Waals surface area contributed by atoms with Gasteiger partial charge in [-0.15, -0.1) is 0 Å². The molecule has 1 atom stereocenters. The Labute approximate surface area is 215 Å². The lowest BCUT2D eigenvalue weighted by Crippen LogP contribution is -2.37. The van der Waals surface area contributed by atoms with Crippen LogP contribution in [0.1, 0.15) is 109 Å². The number of hydrogen-bond acceptors (Lipinski definition) is 3. The molecule has 5 nitrogen and oxygen atoms in total. The summed E-state index contributed by atoms with van der Waals surface area (Å²) in [5.41, 5.74) is 0.989. The second-order valence-corrected chi connectivity index (χ2v) is 11.8. The van der Waals surface area contributed by atoms with Crippen LogP contribution in [0.3, 0.4) is 0 Å². The Bertz CT molecular complexity index is 818. The Balaban J connectivity index is 2.28. The number of carboxylic acid groups (broad SMARTS) is 1. The van der Waals surface area contributed by atoms with Gasteiger partial charge >= 0.3 is 5.97 Å². The first-order valence-corrected chi connectivity index (χ1v) is 15.2. The number of rotatable bonds is 21. The predicted octanol–water partition coefficient (Wildman–Crippen LogP) is 7.74. The van der Waals surface area contributed by atoms with Crippen LogP contribution in [-0.4, -0.2) is 36.9 Å². The molecule has 0 saturated heterocycles. The number of allylic oxidation sites excluding steroid dienone is 2. The van der Waals surface area contributed by atoms with Crippen LogP contribution >= 0.6 is 0 Å². The quantitative estimate of drug-likeness (QED) is 0.136. The summed E-state index contributed by atoms with van der Waals surface area (Å²) in [6.45, 7) is 6.07. The Morgan fingerprint density at radius 1 is 0.857 bits per heavy atom. The van der Waals surface area contributed by atoms with E-state index in [0.29, 0.717) is 6.54 Å². The van der Waals surface area contributed by atoms with Crippen molar-refractivity contribution in [2.45, 2.75) is 116 Å². The SMILES string of the molecule is CCCCCCCC/C=C\CCCCCCCCN(CC(C)C(=O)O)S(=O)(=O)c1ccc(C)cc1. The summed E-state index contributed by atoms with van der Waals surface area (Å²) < 4.78 is 27.6. The average molecular weight is 508 g/mol. The molecule has 1 unspecified atom stereocenters. The van der Waals surface area contributed by atoms with Crippen LogP contribution in [0.15, 0.2) is 41.3 Å². The van der Waals surface area contributed by atoms with Crippen molar-refractivity contribution in [3.05, 3.63) is 42.0 Å². The van der Waals surface area contributed by atoms with Crippen molar-refractivity contribution in [1.82, 2.24) is 4.31 Å². The summed E-state index contributed by atoms with van der Waals surface area (Å²) in [7, 11) is -3.70. The van der Waals surface area contributed by atoms with Crippen LogP contribution < -0.4 is 0 Å². The van der Waals surface area contributed by atoms with E-state index in [4.69, 9.17) is 0 Å². The van der Waals surface area contributed by atoms with Gasteiger partial charge in [0.25, 0.3) is 0 Å². The van der Waals surface area contributed by atoms with Gasteiger partial charge in [0, 0.05) is 13.1 Å². The van der Waals surface area contributed by atoms with E-state index in [0.717, 1.165) is 37.7 Å². The molecule has 35 heavy (non-hydrogen) atoms. The van der Waals surface area contributed by atoms with Crippen LogP contribution in [0.25, 0.3) is 0 Å². The van der Waals surface area contributed by atoms with E-state index in [1.54, 1.807) is 31.2 Å². The first kappa shape index (κ1) is 31.4. The highest BCUT2D eigenvalue weighted by Gasteiger charge is 2.27. The fourth-order valence-electron chi connectivity index (χ4n) is 4.09. The van der Waals surface area contributed by atoms with E-state index in [1.807, 2.05) is 6.92 Å². The van der Waals surface area contributed by atoms with Crippen LogP contribution in [-0.2, 0) is 14.8 Å². The van der Waals surface area contributed by atoms with Gasteiger partial charge < -0.3 is 5.11 Å². The van der Waals surface area contributed by atoms with Crippen molar-refractivity contribution in [2.75, 3.05) is 13.1 Å². The molecule has 0 amide bonds. The van der Waals surface area contributed by atoms with Gasteiger partial charge in [-0.1, -0.05) is 101 Å². The molecule has 0 aliphatic rings. The predicted molar refractivity (Wildman–Crippen MR) is 146 cm³/mol. The van der Waals surface area contributed by atoms with E-state index < -0.39 is 21.9 Å². The summed E-state index contributed by atoms with van der Waals surface area (Å²) in [5, 5.41) is 9.29. The molecule has 0 heterocycles. The zero-order valence-electron chi connectivity index (χ0n) is 22.4. The molecule has 0 radical (unpaired) electrons. The van der Waals surface area contributed by atoms with Crippen molar-refractivity contribution < 1.29 is 18.3 Å². The lowest BCUT2D eigenvalue weighted by molar-refractivity contribution is -0.141. The number of benzene rings is 1. The fourth-order valence-corrected chi connectivity index (χ4v) is 5.66. The molecule has 0 bridgehead atoms. The topological polar surface area (TPSA) is 74.7 Å². The van der Waals surface area contributed by atoms with Gasteiger partial charge in [0.15, 0.2) is 0 Å². The Morgan fingerprint density at radius 3 is 1.86 bits per heavy atom. The molecule has 200 valence electrons. The Morgan fingerprint density at radius 2 is 1.34 bits per heavy atom.